The number of allylic oxidation sites excluding steroid dienone is 22. The molecule has 0 fully saturated rings. The summed E-state index contributed by atoms with van der Waals surface area (Å²) in [7, 11) is 0. The van der Waals surface area contributed by atoms with Crippen molar-refractivity contribution < 1.29 is 0 Å². The Bertz CT molecular complexity index is 2690. The zero-order chi connectivity index (χ0) is 41.5. The average Bonchev–Trinajstić information content (AvgIpc) is 3.82. The molecule has 0 saturated heterocycles. The van der Waals surface area contributed by atoms with Gasteiger partial charge in [0.25, 0.3) is 0 Å². The van der Waals surface area contributed by atoms with Gasteiger partial charge in [0.05, 0.1) is 5.69 Å². The minimum absolute atomic E-state index is 0.0600. The summed E-state index contributed by atoms with van der Waals surface area (Å²) < 4.78 is 0. The minimum atomic E-state index is -0.0600. The van der Waals surface area contributed by atoms with Gasteiger partial charge < -0.3 is 9.80 Å². The average molecular weight is 823 g/mol. The van der Waals surface area contributed by atoms with E-state index >= 15 is 0 Å². The normalized spacial score (nSPS) is 31.3. The topological polar surface area (TPSA) is 6.48 Å². The number of nitrogens with zero attached hydrogens (tertiary/aromatic N) is 2. The van der Waals surface area contributed by atoms with Gasteiger partial charge in [0.2, 0.25) is 0 Å². The van der Waals surface area contributed by atoms with Gasteiger partial charge in [0.15, 0.2) is 0 Å². The van der Waals surface area contributed by atoms with Crippen LogP contribution in [0, 0.1) is 29.6 Å². The number of hydrogen-bond acceptors (Lipinski definition) is 2. The van der Waals surface area contributed by atoms with Crippen LogP contribution in [0.25, 0.3) is 12.2 Å². The molecular formula is C61H62N2. The van der Waals surface area contributed by atoms with Gasteiger partial charge >= 0.3 is 0 Å². The van der Waals surface area contributed by atoms with Gasteiger partial charge in [0, 0.05) is 63.1 Å². The SMILES string of the molecule is C1=CCCC(N(C2=CCCC3C=CC=CC23)C2=CC=CC3C2C2=C(CCC=C2)C32c3cc(N(C4=CCCCC4)c4cc5c(c6c4C=CCC6)CCC=C5)ccc3C3C=CCCC32)=C1. The van der Waals surface area contributed by atoms with Crippen LogP contribution >= 0.6 is 0 Å². The molecule has 2 aromatic carbocycles. The maximum Gasteiger partial charge on any atom is 0.0539 e. The third-order valence-corrected chi connectivity index (χ3v) is 17.3. The van der Waals surface area contributed by atoms with Gasteiger partial charge in [-0.3, -0.25) is 0 Å². The Labute approximate surface area is 376 Å². The molecule has 7 atom stereocenters. The standard InChI is InChI=1S/C61H62N2/c1-3-22-43(23-4-1)62(59-39-42-20-8-9-26-46(42)48-28-11-12-30-51(48)59)45-37-38-50-49-29-13-15-32-53(49)61(56(50)40-45)54-33-16-14-31-52(54)60-55(61)34-18-36-58(60)63(44-24-5-2-6-25-44)57-35-17-21-41-19-7-10-27-47(41)57/h2,5,7-8,10,12-14,18-20,22,24,27,29-31,34-41,47,49,53,55,60H,1,3-4,6,9,11,15-17,21,23,25-26,28,32-33H2. The largest absolute Gasteiger partial charge is 0.321 e. The highest BCUT2D eigenvalue weighted by Crippen LogP contribution is 2.70. The summed E-state index contributed by atoms with van der Waals surface area (Å²) >= 11 is 0. The van der Waals surface area contributed by atoms with E-state index < -0.39 is 0 Å². The van der Waals surface area contributed by atoms with Crippen LogP contribution in [0.5, 0.6) is 0 Å². The van der Waals surface area contributed by atoms with Gasteiger partial charge in [-0.1, -0.05) is 121 Å². The van der Waals surface area contributed by atoms with Crippen molar-refractivity contribution in [2.75, 3.05) is 4.90 Å². The van der Waals surface area contributed by atoms with Crippen LogP contribution in [0.4, 0.5) is 11.4 Å². The highest BCUT2D eigenvalue weighted by Gasteiger charge is 2.64. The molecule has 316 valence electrons. The van der Waals surface area contributed by atoms with Crippen molar-refractivity contribution in [1.82, 2.24) is 4.90 Å². The lowest BCUT2D eigenvalue weighted by molar-refractivity contribution is 0.214. The second-order valence-electron chi connectivity index (χ2n) is 20.3. The van der Waals surface area contributed by atoms with E-state index in [1.165, 1.54) is 83.8 Å². The molecule has 2 heteroatoms. The van der Waals surface area contributed by atoms with Crippen molar-refractivity contribution in [3.63, 3.8) is 0 Å². The third kappa shape index (κ3) is 5.81. The van der Waals surface area contributed by atoms with Crippen LogP contribution in [-0.2, 0) is 18.3 Å². The van der Waals surface area contributed by atoms with E-state index in [0.717, 1.165) is 64.2 Å². The zero-order valence-electron chi connectivity index (χ0n) is 37.0. The maximum absolute atomic E-state index is 2.82. The maximum atomic E-state index is 2.82. The van der Waals surface area contributed by atoms with E-state index in [2.05, 4.69) is 156 Å². The number of hydrogen-bond donors (Lipinski definition) is 0. The highest BCUT2D eigenvalue weighted by atomic mass is 15.2. The van der Waals surface area contributed by atoms with Crippen molar-refractivity contribution in [3.05, 3.63) is 201 Å². The van der Waals surface area contributed by atoms with E-state index in [1.807, 2.05) is 0 Å². The summed E-state index contributed by atoms with van der Waals surface area (Å²) in [4.78, 5) is 5.58. The molecule has 0 amide bonds. The predicted octanol–water partition coefficient (Wildman–Crippen LogP) is 15.4. The van der Waals surface area contributed by atoms with Crippen LogP contribution in [0.1, 0.15) is 129 Å². The zero-order valence-corrected chi connectivity index (χ0v) is 37.0. The molecule has 13 rings (SSSR count). The summed E-state index contributed by atoms with van der Waals surface area (Å²) in [6.45, 7) is 0. The molecule has 1 spiro atoms. The van der Waals surface area contributed by atoms with E-state index in [-0.39, 0.29) is 5.41 Å². The molecule has 0 radical (unpaired) electrons. The molecule has 2 nitrogen and oxygen atoms in total. The van der Waals surface area contributed by atoms with Crippen molar-refractivity contribution >= 4 is 23.5 Å². The highest BCUT2D eigenvalue weighted by molar-refractivity contribution is 5.84. The predicted molar refractivity (Wildman–Crippen MR) is 263 cm³/mol. The van der Waals surface area contributed by atoms with Crippen molar-refractivity contribution in [3.8, 4) is 0 Å². The van der Waals surface area contributed by atoms with E-state index in [1.54, 1.807) is 33.4 Å². The molecule has 63 heavy (non-hydrogen) atoms. The molecule has 0 aliphatic heterocycles. The van der Waals surface area contributed by atoms with Crippen molar-refractivity contribution in [2.45, 2.75) is 114 Å². The molecule has 0 heterocycles. The summed E-state index contributed by atoms with van der Waals surface area (Å²) in [5, 5.41) is 0. The smallest absolute Gasteiger partial charge is 0.0539 e. The Kier molecular flexibility index (Phi) is 9.34. The number of fused-ring (bicyclic) bond motifs is 13. The first-order chi connectivity index (χ1) is 31.3. The molecule has 0 N–H and O–H groups in total. The summed E-state index contributed by atoms with van der Waals surface area (Å²) in [6.07, 6.45) is 68.5. The second-order valence-corrected chi connectivity index (χ2v) is 20.3. The molecule has 11 aliphatic rings. The fourth-order valence-electron chi connectivity index (χ4n) is 14.8. The van der Waals surface area contributed by atoms with E-state index in [9.17, 15) is 0 Å². The van der Waals surface area contributed by atoms with Gasteiger partial charge in [-0.25, -0.2) is 0 Å². The van der Waals surface area contributed by atoms with Gasteiger partial charge in [-0.15, -0.1) is 0 Å². The summed E-state index contributed by atoms with van der Waals surface area (Å²) in [5.41, 5.74) is 21.4. The van der Waals surface area contributed by atoms with Crippen LogP contribution in [0.15, 0.2) is 168 Å². The van der Waals surface area contributed by atoms with Crippen molar-refractivity contribution in [2.24, 2.45) is 29.6 Å². The third-order valence-electron chi connectivity index (χ3n) is 17.3. The molecule has 0 bridgehead atoms. The summed E-state index contributed by atoms with van der Waals surface area (Å²) in [5.74, 6) is 2.63. The molecule has 0 aromatic heterocycles. The lowest BCUT2D eigenvalue weighted by Gasteiger charge is -2.47. The quantitative estimate of drug-likeness (QED) is 0.268. The first kappa shape index (κ1) is 38.1. The van der Waals surface area contributed by atoms with E-state index in [0.29, 0.717) is 35.5 Å². The van der Waals surface area contributed by atoms with Crippen LogP contribution in [-0.4, -0.2) is 4.90 Å². The number of anilines is 2. The molecule has 0 saturated carbocycles. The first-order valence-corrected chi connectivity index (χ1v) is 25.1. The molecular weight excluding hydrogens is 761 g/mol. The van der Waals surface area contributed by atoms with Crippen LogP contribution in [0.3, 0.4) is 0 Å². The first-order valence-electron chi connectivity index (χ1n) is 25.1. The Balaban J connectivity index is 1.00. The van der Waals surface area contributed by atoms with Gasteiger partial charge in [-0.2, -0.15) is 0 Å². The van der Waals surface area contributed by atoms with Crippen LogP contribution in [0.2, 0.25) is 0 Å². The lowest BCUT2D eigenvalue weighted by atomic mass is 9.58. The fraction of sp³-hybridized carbons (Fsp3) is 0.377. The van der Waals surface area contributed by atoms with Gasteiger partial charge in [0.1, 0.15) is 0 Å². The molecule has 2 aromatic rings. The number of benzene rings is 2. The van der Waals surface area contributed by atoms with E-state index in [4.69, 9.17) is 0 Å². The summed E-state index contributed by atoms with van der Waals surface area (Å²) in [6, 6.07) is 10.5. The molecule has 7 unspecified atom stereocenters. The second kappa shape index (κ2) is 15.4. The molecule has 11 aliphatic carbocycles. The van der Waals surface area contributed by atoms with Crippen LogP contribution < -0.4 is 4.90 Å². The monoisotopic (exact) mass is 822 g/mol. The van der Waals surface area contributed by atoms with Crippen molar-refractivity contribution in [1.29, 1.82) is 0 Å². The number of rotatable bonds is 6. The lowest BCUT2D eigenvalue weighted by Crippen LogP contribution is -2.43. The Morgan fingerprint density at radius 1 is 0.571 bits per heavy atom. The van der Waals surface area contributed by atoms with Gasteiger partial charge in [-0.05, 0) is 178 Å². The Morgan fingerprint density at radius 3 is 2.38 bits per heavy atom. The Hall–Kier alpha value is -5.34. The fourth-order valence-corrected chi connectivity index (χ4v) is 14.8. The Morgan fingerprint density at radius 2 is 1.46 bits per heavy atom. The minimum Gasteiger partial charge on any atom is -0.321 e.